The van der Waals surface area contributed by atoms with Crippen LogP contribution in [0.1, 0.15) is 22.9 Å². The summed E-state index contributed by atoms with van der Waals surface area (Å²) in [6.07, 6.45) is 5.43. The Labute approximate surface area is 147 Å². The molecule has 128 valence electrons. The highest BCUT2D eigenvalue weighted by Gasteiger charge is 2.37. The number of pyridine rings is 1. The minimum Gasteiger partial charge on any atom is -0.348 e. The van der Waals surface area contributed by atoms with Gasteiger partial charge in [0.25, 0.3) is 0 Å². The Morgan fingerprint density at radius 1 is 1.04 bits per heavy atom. The Kier molecular flexibility index (Phi) is 3.94. The molecule has 3 heterocycles. The molecule has 1 aromatic carbocycles. The van der Waals surface area contributed by atoms with Crippen LogP contribution in [0.15, 0.2) is 72.0 Å². The van der Waals surface area contributed by atoms with E-state index in [2.05, 4.69) is 9.55 Å². The fraction of sp³-hybridized carbons (Fsp3) is 0.211. The van der Waals surface area contributed by atoms with Crippen molar-refractivity contribution in [3.8, 4) is 0 Å². The van der Waals surface area contributed by atoms with Gasteiger partial charge in [0, 0.05) is 37.4 Å². The molecule has 0 spiro atoms. The second-order valence-corrected chi connectivity index (χ2v) is 8.13. The zero-order chi connectivity index (χ0) is 17.4. The zero-order valence-corrected chi connectivity index (χ0v) is 14.7. The number of sulfonamides is 1. The van der Waals surface area contributed by atoms with Crippen LogP contribution in [0.4, 0.5) is 0 Å². The minimum absolute atomic E-state index is 0.326. The fourth-order valence-electron chi connectivity index (χ4n) is 3.34. The molecule has 1 aliphatic heterocycles. The van der Waals surface area contributed by atoms with Gasteiger partial charge in [-0.3, -0.25) is 4.98 Å². The van der Waals surface area contributed by atoms with Crippen LogP contribution in [0.3, 0.4) is 0 Å². The number of nitrogens with zero attached hydrogens (tertiary/aromatic N) is 3. The second kappa shape index (κ2) is 6.13. The monoisotopic (exact) mass is 353 g/mol. The van der Waals surface area contributed by atoms with Crippen LogP contribution in [0.25, 0.3) is 0 Å². The van der Waals surface area contributed by atoms with E-state index >= 15 is 0 Å². The summed E-state index contributed by atoms with van der Waals surface area (Å²) in [5.74, 6) is 0. The number of aromatic nitrogens is 2. The third kappa shape index (κ3) is 2.77. The third-order valence-corrected chi connectivity index (χ3v) is 6.50. The number of hydrogen-bond acceptors (Lipinski definition) is 3. The summed E-state index contributed by atoms with van der Waals surface area (Å²) in [6, 6.07) is 14.4. The quantitative estimate of drug-likeness (QED) is 0.727. The van der Waals surface area contributed by atoms with Crippen LogP contribution in [0.2, 0.25) is 0 Å². The van der Waals surface area contributed by atoms with Crippen LogP contribution in [0, 0.1) is 6.92 Å². The van der Waals surface area contributed by atoms with Crippen molar-refractivity contribution in [2.75, 3.05) is 6.54 Å². The summed E-state index contributed by atoms with van der Waals surface area (Å²) in [6.45, 7) is 3.02. The van der Waals surface area contributed by atoms with Gasteiger partial charge in [0.15, 0.2) is 0 Å². The van der Waals surface area contributed by atoms with Crippen molar-refractivity contribution in [3.05, 3.63) is 83.9 Å². The van der Waals surface area contributed by atoms with Gasteiger partial charge in [-0.15, -0.1) is 0 Å². The molecule has 1 atom stereocenters. The molecule has 0 amide bonds. The number of hydrogen-bond donors (Lipinski definition) is 0. The Morgan fingerprint density at radius 2 is 1.84 bits per heavy atom. The van der Waals surface area contributed by atoms with E-state index in [1.807, 2.05) is 49.5 Å². The van der Waals surface area contributed by atoms with Crippen molar-refractivity contribution in [2.45, 2.75) is 24.4 Å². The Hall–Kier alpha value is -2.44. The van der Waals surface area contributed by atoms with E-state index in [1.54, 1.807) is 28.8 Å². The molecular formula is C19H19N3O2S. The van der Waals surface area contributed by atoms with Gasteiger partial charge in [-0.25, -0.2) is 8.42 Å². The molecule has 1 aliphatic rings. The summed E-state index contributed by atoms with van der Waals surface area (Å²) in [5, 5.41) is 0. The lowest BCUT2D eigenvalue weighted by molar-refractivity contribution is 0.298. The summed E-state index contributed by atoms with van der Waals surface area (Å²) in [4.78, 5) is 4.51. The predicted octanol–water partition coefficient (Wildman–Crippen LogP) is 2.99. The topological polar surface area (TPSA) is 55.2 Å². The molecule has 25 heavy (non-hydrogen) atoms. The van der Waals surface area contributed by atoms with Crippen LogP contribution >= 0.6 is 0 Å². The zero-order valence-electron chi connectivity index (χ0n) is 13.9. The minimum atomic E-state index is -3.60. The molecule has 1 unspecified atom stereocenters. The van der Waals surface area contributed by atoms with E-state index < -0.39 is 10.0 Å². The highest BCUT2D eigenvalue weighted by molar-refractivity contribution is 7.89. The molecular weight excluding hydrogens is 334 g/mol. The smallest absolute Gasteiger partial charge is 0.244 e. The fourth-order valence-corrected chi connectivity index (χ4v) is 4.92. The summed E-state index contributed by atoms with van der Waals surface area (Å²) < 4.78 is 30.3. The summed E-state index contributed by atoms with van der Waals surface area (Å²) >= 11 is 0. The van der Waals surface area contributed by atoms with Crippen LogP contribution < -0.4 is 0 Å². The van der Waals surface area contributed by atoms with Crippen LogP contribution in [-0.2, 0) is 16.6 Å². The van der Waals surface area contributed by atoms with E-state index in [0.29, 0.717) is 18.0 Å². The molecule has 0 bridgehead atoms. The molecule has 0 aliphatic carbocycles. The normalized spacial score (nSPS) is 18.0. The number of rotatable bonds is 3. The Bertz CT molecular complexity index is 979. The maximum atomic E-state index is 13.3. The molecule has 0 radical (unpaired) electrons. The van der Waals surface area contributed by atoms with Crippen molar-refractivity contribution in [1.82, 2.24) is 13.9 Å². The van der Waals surface area contributed by atoms with Crippen molar-refractivity contribution in [2.24, 2.45) is 0 Å². The van der Waals surface area contributed by atoms with Gasteiger partial charge in [-0.05, 0) is 42.8 Å². The molecule has 3 aromatic rings. The SMILES string of the molecule is Cc1ccc(S(=O)(=O)N2CCn3cccc3C2c2cccnc2)cc1. The summed E-state index contributed by atoms with van der Waals surface area (Å²) in [7, 11) is -3.60. The first-order chi connectivity index (χ1) is 12.1. The molecule has 0 saturated carbocycles. The summed E-state index contributed by atoms with van der Waals surface area (Å²) in [5.41, 5.74) is 2.88. The third-order valence-electron chi connectivity index (χ3n) is 4.62. The Morgan fingerprint density at radius 3 is 2.56 bits per heavy atom. The van der Waals surface area contributed by atoms with Gasteiger partial charge in [0.2, 0.25) is 10.0 Å². The highest BCUT2D eigenvalue weighted by atomic mass is 32.2. The Balaban J connectivity index is 1.84. The van der Waals surface area contributed by atoms with Crippen molar-refractivity contribution in [1.29, 1.82) is 0 Å². The van der Waals surface area contributed by atoms with Crippen LogP contribution in [-0.4, -0.2) is 28.8 Å². The molecule has 0 N–H and O–H groups in total. The highest BCUT2D eigenvalue weighted by Crippen LogP contribution is 2.36. The first kappa shape index (κ1) is 16.1. The second-order valence-electron chi connectivity index (χ2n) is 6.24. The lowest BCUT2D eigenvalue weighted by atomic mass is 10.0. The van der Waals surface area contributed by atoms with Gasteiger partial charge in [0.1, 0.15) is 0 Å². The first-order valence-electron chi connectivity index (χ1n) is 8.21. The maximum absolute atomic E-state index is 13.3. The number of fused-ring (bicyclic) bond motifs is 1. The maximum Gasteiger partial charge on any atom is 0.244 e. The van der Waals surface area contributed by atoms with Gasteiger partial charge >= 0.3 is 0 Å². The lowest BCUT2D eigenvalue weighted by Crippen LogP contribution is -2.42. The van der Waals surface area contributed by atoms with E-state index in [1.165, 1.54) is 0 Å². The largest absolute Gasteiger partial charge is 0.348 e. The molecule has 2 aromatic heterocycles. The van der Waals surface area contributed by atoms with Crippen molar-refractivity contribution < 1.29 is 8.42 Å². The van der Waals surface area contributed by atoms with Crippen molar-refractivity contribution >= 4 is 10.0 Å². The van der Waals surface area contributed by atoms with Crippen LogP contribution in [0.5, 0.6) is 0 Å². The first-order valence-corrected chi connectivity index (χ1v) is 9.65. The number of benzene rings is 1. The van der Waals surface area contributed by atoms with Gasteiger partial charge < -0.3 is 4.57 Å². The molecule has 6 heteroatoms. The van der Waals surface area contributed by atoms with Gasteiger partial charge in [-0.1, -0.05) is 23.8 Å². The number of aryl methyl sites for hydroxylation is 1. The molecule has 5 nitrogen and oxygen atoms in total. The molecule has 4 rings (SSSR count). The molecule has 0 saturated heterocycles. The van der Waals surface area contributed by atoms with E-state index in [4.69, 9.17) is 0 Å². The standard InChI is InChI=1S/C19H19N3O2S/c1-15-6-8-17(9-7-15)25(23,24)22-13-12-21-11-3-5-18(21)19(22)16-4-2-10-20-14-16/h2-11,14,19H,12-13H2,1H3. The van der Waals surface area contributed by atoms with E-state index in [-0.39, 0.29) is 6.04 Å². The molecule has 0 fully saturated rings. The van der Waals surface area contributed by atoms with E-state index in [0.717, 1.165) is 16.8 Å². The van der Waals surface area contributed by atoms with E-state index in [9.17, 15) is 8.42 Å². The average molecular weight is 353 g/mol. The van der Waals surface area contributed by atoms with Crippen molar-refractivity contribution in [3.63, 3.8) is 0 Å². The predicted molar refractivity (Wildman–Crippen MR) is 95.6 cm³/mol. The van der Waals surface area contributed by atoms with Gasteiger partial charge in [-0.2, -0.15) is 4.31 Å². The average Bonchev–Trinajstić information content (AvgIpc) is 3.10. The lowest BCUT2D eigenvalue weighted by Gasteiger charge is -2.36. The van der Waals surface area contributed by atoms with Gasteiger partial charge in [0.05, 0.1) is 10.9 Å².